The number of para-hydroxylation sites is 2. The molecule has 0 radical (unpaired) electrons. The number of fused-ring (bicyclic) bond motifs is 1. The number of rotatable bonds is 6. The molecule has 4 heterocycles. The van der Waals surface area contributed by atoms with Gasteiger partial charge < -0.3 is 18.8 Å². The number of thioether (sulfide) groups is 1. The maximum absolute atomic E-state index is 5.87. The van der Waals surface area contributed by atoms with E-state index in [0.717, 1.165) is 74.5 Å². The number of anilines is 1. The van der Waals surface area contributed by atoms with E-state index in [0.29, 0.717) is 11.6 Å². The first-order valence-electron chi connectivity index (χ1n) is 9.71. The van der Waals surface area contributed by atoms with Crippen LogP contribution in [-0.4, -0.2) is 58.8 Å². The predicted molar refractivity (Wildman–Crippen MR) is 106 cm³/mol. The lowest BCUT2D eigenvalue weighted by Crippen LogP contribution is -2.38. The predicted octanol–water partition coefficient (Wildman–Crippen LogP) is 2.73. The molecule has 2 aliphatic rings. The van der Waals surface area contributed by atoms with Gasteiger partial charge in [0.2, 0.25) is 11.8 Å². The maximum Gasteiger partial charge on any atom is 0.228 e. The highest BCUT2D eigenvalue weighted by Crippen LogP contribution is 2.28. The molecule has 2 aromatic heterocycles. The maximum atomic E-state index is 5.87. The Labute approximate surface area is 167 Å². The third kappa shape index (κ3) is 3.74. The fraction of sp³-hybridized carbons (Fsp3) is 0.526. The zero-order valence-corrected chi connectivity index (χ0v) is 16.4. The number of nitrogens with zero attached hydrogens (tertiary/aromatic N) is 5. The Balaban J connectivity index is 1.36. The Morgan fingerprint density at radius 3 is 2.82 bits per heavy atom. The molecule has 5 rings (SSSR count). The van der Waals surface area contributed by atoms with Crippen LogP contribution in [-0.2, 0) is 21.8 Å². The summed E-state index contributed by atoms with van der Waals surface area (Å²) in [7, 11) is 0. The average molecular weight is 401 g/mol. The lowest BCUT2D eigenvalue weighted by Gasteiger charge is -2.28. The molecular formula is C19H23N5O3S. The highest BCUT2D eigenvalue weighted by Gasteiger charge is 2.25. The van der Waals surface area contributed by atoms with Crippen LogP contribution in [0.5, 0.6) is 0 Å². The fourth-order valence-electron chi connectivity index (χ4n) is 3.64. The second-order valence-electron chi connectivity index (χ2n) is 6.99. The van der Waals surface area contributed by atoms with E-state index in [1.54, 1.807) is 11.8 Å². The molecule has 2 saturated heterocycles. The van der Waals surface area contributed by atoms with Gasteiger partial charge in [-0.3, -0.25) is 4.57 Å². The molecule has 2 aliphatic heterocycles. The van der Waals surface area contributed by atoms with Gasteiger partial charge in [0.15, 0.2) is 10.7 Å². The van der Waals surface area contributed by atoms with E-state index < -0.39 is 0 Å². The summed E-state index contributed by atoms with van der Waals surface area (Å²) in [5.41, 5.74) is 1.70. The van der Waals surface area contributed by atoms with Crippen molar-refractivity contribution in [3.63, 3.8) is 0 Å². The number of morpholine rings is 1. The molecular weight excluding hydrogens is 378 g/mol. The topological polar surface area (TPSA) is 78.4 Å². The molecule has 148 valence electrons. The number of hydrogen-bond acceptors (Lipinski definition) is 8. The van der Waals surface area contributed by atoms with E-state index in [2.05, 4.69) is 24.6 Å². The first-order valence-corrected chi connectivity index (χ1v) is 10.7. The second-order valence-corrected chi connectivity index (χ2v) is 7.93. The Hall–Kier alpha value is -2.10. The molecule has 2 fully saturated rings. The van der Waals surface area contributed by atoms with Crippen molar-refractivity contribution in [2.75, 3.05) is 37.8 Å². The van der Waals surface area contributed by atoms with Crippen molar-refractivity contribution >= 4 is 28.8 Å². The molecule has 1 atom stereocenters. The number of oxazole rings is 1. The van der Waals surface area contributed by atoms with Gasteiger partial charge in [0, 0.05) is 19.7 Å². The zero-order chi connectivity index (χ0) is 18.8. The Kier molecular flexibility index (Phi) is 5.20. The Morgan fingerprint density at radius 2 is 2.00 bits per heavy atom. The van der Waals surface area contributed by atoms with Crippen LogP contribution < -0.4 is 4.90 Å². The normalized spacial score (nSPS) is 20.3. The van der Waals surface area contributed by atoms with E-state index in [-0.39, 0.29) is 6.10 Å². The van der Waals surface area contributed by atoms with Crippen molar-refractivity contribution < 1.29 is 13.9 Å². The minimum absolute atomic E-state index is 0.222. The van der Waals surface area contributed by atoms with Crippen LogP contribution in [0.15, 0.2) is 33.8 Å². The molecule has 1 unspecified atom stereocenters. The standard InChI is InChI=1S/C19H23N5O3S/c1-2-6-16-15(5-1)20-17(27-16)13-28-19-22-21-18(23-7-10-25-11-8-23)24(19)12-14-4-3-9-26-14/h1-2,5-6,14H,3-4,7-13H2. The number of aromatic nitrogens is 4. The fourth-order valence-corrected chi connectivity index (χ4v) is 4.43. The molecule has 0 spiro atoms. The van der Waals surface area contributed by atoms with Crippen LogP contribution in [0.3, 0.4) is 0 Å². The smallest absolute Gasteiger partial charge is 0.228 e. The van der Waals surface area contributed by atoms with Crippen molar-refractivity contribution in [2.45, 2.75) is 36.4 Å². The quantitative estimate of drug-likeness (QED) is 0.584. The highest BCUT2D eigenvalue weighted by molar-refractivity contribution is 7.98. The summed E-state index contributed by atoms with van der Waals surface area (Å²) in [5.74, 6) is 2.21. The van der Waals surface area contributed by atoms with E-state index >= 15 is 0 Å². The number of hydrogen-bond donors (Lipinski definition) is 0. The molecule has 0 N–H and O–H groups in total. The van der Waals surface area contributed by atoms with Gasteiger partial charge in [-0.25, -0.2) is 4.98 Å². The van der Waals surface area contributed by atoms with Gasteiger partial charge in [0.05, 0.1) is 31.6 Å². The molecule has 0 aliphatic carbocycles. The number of benzene rings is 1. The summed E-state index contributed by atoms with van der Waals surface area (Å²) in [6.07, 6.45) is 2.42. The van der Waals surface area contributed by atoms with Gasteiger partial charge in [-0.05, 0) is 25.0 Å². The van der Waals surface area contributed by atoms with Crippen LogP contribution in [0, 0.1) is 0 Å². The highest BCUT2D eigenvalue weighted by atomic mass is 32.2. The van der Waals surface area contributed by atoms with Gasteiger partial charge in [-0.2, -0.15) is 0 Å². The molecule has 8 nitrogen and oxygen atoms in total. The summed E-state index contributed by atoms with van der Waals surface area (Å²) in [5, 5.41) is 9.84. The van der Waals surface area contributed by atoms with Crippen LogP contribution in [0.2, 0.25) is 0 Å². The Bertz CT molecular complexity index is 898. The van der Waals surface area contributed by atoms with Crippen LogP contribution in [0.25, 0.3) is 11.1 Å². The van der Waals surface area contributed by atoms with Crippen molar-refractivity contribution in [3.05, 3.63) is 30.2 Å². The van der Waals surface area contributed by atoms with E-state index in [4.69, 9.17) is 13.9 Å². The van der Waals surface area contributed by atoms with Crippen molar-refractivity contribution in [3.8, 4) is 0 Å². The van der Waals surface area contributed by atoms with Crippen LogP contribution in [0.4, 0.5) is 5.95 Å². The molecule has 1 aromatic carbocycles. The molecule has 0 bridgehead atoms. The molecule has 9 heteroatoms. The summed E-state index contributed by atoms with van der Waals surface area (Å²) in [6, 6.07) is 7.82. The van der Waals surface area contributed by atoms with Gasteiger partial charge in [0.1, 0.15) is 5.52 Å². The lowest BCUT2D eigenvalue weighted by molar-refractivity contribution is 0.0942. The summed E-state index contributed by atoms with van der Waals surface area (Å²) >= 11 is 1.60. The van der Waals surface area contributed by atoms with E-state index in [9.17, 15) is 0 Å². The van der Waals surface area contributed by atoms with Crippen molar-refractivity contribution in [1.82, 2.24) is 19.7 Å². The zero-order valence-electron chi connectivity index (χ0n) is 15.6. The lowest BCUT2D eigenvalue weighted by atomic mass is 10.2. The third-order valence-corrected chi connectivity index (χ3v) is 6.02. The van der Waals surface area contributed by atoms with Gasteiger partial charge in [0.25, 0.3) is 0 Å². The molecule has 28 heavy (non-hydrogen) atoms. The van der Waals surface area contributed by atoms with Gasteiger partial charge in [-0.15, -0.1) is 10.2 Å². The summed E-state index contributed by atoms with van der Waals surface area (Å²) < 4.78 is 19.4. The minimum atomic E-state index is 0.222. The minimum Gasteiger partial charge on any atom is -0.440 e. The van der Waals surface area contributed by atoms with E-state index in [1.165, 1.54) is 0 Å². The summed E-state index contributed by atoms with van der Waals surface area (Å²) in [4.78, 5) is 6.81. The first-order chi connectivity index (χ1) is 13.9. The Morgan fingerprint density at radius 1 is 1.11 bits per heavy atom. The molecule has 3 aromatic rings. The monoisotopic (exact) mass is 401 g/mol. The van der Waals surface area contributed by atoms with Gasteiger partial charge >= 0.3 is 0 Å². The SMILES string of the molecule is c1ccc2oc(CSc3nnc(N4CCOCC4)n3CC3CCCO3)nc2c1. The number of ether oxygens (including phenoxy) is 2. The average Bonchev–Trinajstić information content (AvgIpc) is 3.47. The van der Waals surface area contributed by atoms with Crippen LogP contribution in [0.1, 0.15) is 18.7 Å². The largest absolute Gasteiger partial charge is 0.440 e. The van der Waals surface area contributed by atoms with Crippen molar-refractivity contribution in [1.29, 1.82) is 0 Å². The first kappa shape index (κ1) is 18.0. The second kappa shape index (κ2) is 8.10. The molecule has 0 saturated carbocycles. The van der Waals surface area contributed by atoms with Crippen molar-refractivity contribution in [2.24, 2.45) is 0 Å². The van der Waals surface area contributed by atoms with Gasteiger partial charge in [-0.1, -0.05) is 23.9 Å². The summed E-state index contributed by atoms with van der Waals surface area (Å²) in [6.45, 7) is 4.72. The van der Waals surface area contributed by atoms with Crippen LogP contribution >= 0.6 is 11.8 Å². The molecule has 0 amide bonds. The third-order valence-electron chi connectivity index (χ3n) is 5.06. The van der Waals surface area contributed by atoms with E-state index in [1.807, 2.05) is 24.3 Å².